The Balaban J connectivity index is 2.27. The second-order valence-corrected chi connectivity index (χ2v) is 5.40. The molecule has 104 valence electrons. The van der Waals surface area contributed by atoms with Crippen LogP contribution in [0.15, 0.2) is 24.3 Å². The summed E-state index contributed by atoms with van der Waals surface area (Å²) >= 11 is 0. The second-order valence-electron chi connectivity index (χ2n) is 5.40. The number of hydrogen-bond donors (Lipinski definition) is 0. The van der Waals surface area contributed by atoms with Gasteiger partial charge in [0.2, 0.25) is 0 Å². The molecular weight excluding hydrogens is 234 g/mol. The molecule has 0 atom stereocenters. The van der Waals surface area contributed by atoms with Crippen LogP contribution in [-0.4, -0.2) is 23.9 Å². The largest absolute Gasteiger partial charge is 0.339 e. The van der Waals surface area contributed by atoms with Crippen molar-refractivity contribution >= 4 is 5.91 Å². The van der Waals surface area contributed by atoms with E-state index < -0.39 is 0 Å². The van der Waals surface area contributed by atoms with Gasteiger partial charge in [-0.15, -0.1) is 0 Å². The van der Waals surface area contributed by atoms with Crippen LogP contribution in [0.4, 0.5) is 0 Å². The van der Waals surface area contributed by atoms with Crippen molar-refractivity contribution < 1.29 is 4.79 Å². The molecule has 1 aromatic rings. The first-order valence-electron chi connectivity index (χ1n) is 7.66. The lowest BCUT2D eigenvalue weighted by molar-refractivity contribution is 0.0771. The monoisotopic (exact) mass is 259 g/mol. The number of rotatable bonds is 4. The molecule has 0 heterocycles. The van der Waals surface area contributed by atoms with E-state index in [1.54, 1.807) is 0 Å². The molecule has 2 heteroatoms. The predicted octanol–water partition coefficient (Wildman–Crippen LogP) is 4.22. The first-order valence-corrected chi connectivity index (χ1v) is 7.66. The number of nitrogens with zero attached hydrogens (tertiary/aromatic N) is 1. The lowest BCUT2D eigenvalue weighted by Crippen LogP contribution is -2.31. The number of amides is 1. The standard InChI is InChI=1S/C17H25NO/c1-3-18(4-2)17(19)16-13-9-8-12-15(16)14-10-6-5-7-11-14/h8-9,12-14H,3-7,10-11H2,1-2H3. The van der Waals surface area contributed by atoms with E-state index in [1.807, 2.05) is 30.9 Å². The van der Waals surface area contributed by atoms with Crippen molar-refractivity contribution in [3.63, 3.8) is 0 Å². The van der Waals surface area contributed by atoms with Gasteiger partial charge in [0.15, 0.2) is 0 Å². The summed E-state index contributed by atoms with van der Waals surface area (Å²) < 4.78 is 0. The van der Waals surface area contributed by atoms with Gasteiger partial charge in [-0.2, -0.15) is 0 Å². The van der Waals surface area contributed by atoms with Crippen LogP contribution in [0.5, 0.6) is 0 Å². The Morgan fingerprint density at radius 3 is 2.37 bits per heavy atom. The average Bonchev–Trinajstić information content (AvgIpc) is 2.49. The van der Waals surface area contributed by atoms with E-state index in [4.69, 9.17) is 0 Å². The first kappa shape index (κ1) is 14.1. The van der Waals surface area contributed by atoms with Crippen LogP contribution in [0.1, 0.15) is 67.8 Å². The van der Waals surface area contributed by atoms with E-state index in [1.165, 1.54) is 37.7 Å². The molecule has 0 aromatic heterocycles. The van der Waals surface area contributed by atoms with Gasteiger partial charge in [0.1, 0.15) is 0 Å². The zero-order valence-corrected chi connectivity index (χ0v) is 12.2. The Bertz CT molecular complexity index is 417. The van der Waals surface area contributed by atoms with Gasteiger partial charge in [-0.1, -0.05) is 37.5 Å². The smallest absolute Gasteiger partial charge is 0.254 e. The Labute approximate surface area is 116 Å². The fraction of sp³-hybridized carbons (Fsp3) is 0.588. The summed E-state index contributed by atoms with van der Waals surface area (Å²) in [5.41, 5.74) is 2.21. The van der Waals surface area contributed by atoms with E-state index in [0.717, 1.165) is 18.7 Å². The molecule has 19 heavy (non-hydrogen) atoms. The van der Waals surface area contributed by atoms with Gasteiger partial charge in [0, 0.05) is 18.7 Å². The van der Waals surface area contributed by atoms with E-state index in [2.05, 4.69) is 12.1 Å². The Kier molecular flexibility index (Phi) is 5.00. The fourth-order valence-electron chi connectivity index (χ4n) is 3.14. The SMILES string of the molecule is CCN(CC)C(=O)c1ccccc1C1CCCCC1. The summed E-state index contributed by atoms with van der Waals surface area (Å²) in [5.74, 6) is 0.788. The minimum atomic E-state index is 0.200. The van der Waals surface area contributed by atoms with Crippen molar-refractivity contribution in [2.24, 2.45) is 0 Å². The molecule has 0 aliphatic heterocycles. The number of carbonyl (C=O) groups excluding carboxylic acids is 1. The summed E-state index contributed by atoms with van der Waals surface area (Å²) in [6.07, 6.45) is 6.44. The summed E-state index contributed by atoms with van der Waals surface area (Å²) in [5, 5.41) is 0. The molecule has 0 spiro atoms. The third kappa shape index (κ3) is 3.17. The third-order valence-electron chi connectivity index (χ3n) is 4.29. The normalized spacial score (nSPS) is 16.3. The first-order chi connectivity index (χ1) is 9.27. The van der Waals surface area contributed by atoms with E-state index in [-0.39, 0.29) is 5.91 Å². The molecule has 2 nitrogen and oxygen atoms in total. The molecule has 0 unspecified atom stereocenters. The Morgan fingerprint density at radius 2 is 1.74 bits per heavy atom. The summed E-state index contributed by atoms with van der Waals surface area (Å²) in [4.78, 5) is 14.5. The van der Waals surface area contributed by atoms with Crippen LogP contribution in [0, 0.1) is 0 Å². The highest BCUT2D eigenvalue weighted by Crippen LogP contribution is 2.34. The highest BCUT2D eigenvalue weighted by Gasteiger charge is 2.22. The second kappa shape index (κ2) is 6.74. The highest BCUT2D eigenvalue weighted by molar-refractivity contribution is 5.95. The minimum absolute atomic E-state index is 0.200. The van der Waals surface area contributed by atoms with E-state index >= 15 is 0 Å². The summed E-state index contributed by atoms with van der Waals surface area (Å²) in [6, 6.07) is 8.23. The van der Waals surface area contributed by atoms with Crippen molar-refractivity contribution in [3.8, 4) is 0 Å². The quantitative estimate of drug-likeness (QED) is 0.793. The van der Waals surface area contributed by atoms with E-state index in [0.29, 0.717) is 5.92 Å². The van der Waals surface area contributed by atoms with Gasteiger partial charge < -0.3 is 4.90 Å². The van der Waals surface area contributed by atoms with Gasteiger partial charge in [-0.25, -0.2) is 0 Å². The molecule has 0 saturated heterocycles. The molecule has 0 N–H and O–H groups in total. The zero-order valence-electron chi connectivity index (χ0n) is 12.2. The summed E-state index contributed by atoms with van der Waals surface area (Å²) in [6.45, 7) is 5.66. The lowest BCUT2D eigenvalue weighted by Gasteiger charge is -2.26. The van der Waals surface area contributed by atoms with Crippen molar-refractivity contribution in [2.45, 2.75) is 51.9 Å². The molecule has 0 radical (unpaired) electrons. The molecule has 2 rings (SSSR count). The van der Waals surface area contributed by atoms with Crippen LogP contribution in [0.25, 0.3) is 0 Å². The van der Waals surface area contributed by atoms with E-state index in [9.17, 15) is 4.79 Å². The minimum Gasteiger partial charge on any atom is -0.339 e. The highest BCUT2D eigenvalue weighted by atomic mass is 16.2. The molecule has 1 amide bonds. The maximum atomic E-state index is 12.6. The van der Waals surface area contributed by atoms with Crippen LogP contribution < -0.4 is 0 Å². The molecule has 1 fully saturated rings. The molecule has 1 aliphatic rings. The average molecular weight is 259 g/mol. The Hall–Kier alpha value is -1.31. The van der Waals surface area contributed by atoms with Crippen molar-refractivity contribution in [1.82, 2.24) is 4.90 Å². The molecular formula is C17H25NO. The van der Waals surface area contributed by atoms with Crippen molar-refractivity contribution in [3.05, 3.63) is 35.4 Å². The maximum Gasteiger partial charge on any atom is 0.254 e. The van der Waals surface area contributed by atoms with Crippen LogP contribution in [0.2, 0.25) is 0 Å². The number of hydrogen-bond acceptors (Lipinski definition) is 1. The lowest BCUT2D eigenvalue weighted by atomic mass is 9.82. The number of carbonyl (C=O) groups is 1. The van der Waals surface area contributed by atoms with Gasteiger partial charge >= 0.3 is 0 Å². The van der Waals surface area contributed by atoms with Crippen LogP contribution in [0.3, 0.4) is 0 Å². The zero-order chi connectivity index (χ0) is 13.7. The molecule has 1 saturated carbocycles. The van der Waals surface area contributed by atoms with Crippen LogP contribution in [-0.2, 0) is 0 Å². The van der Waals surface area contributed by atoms with Gasteiger partial charge in [-0.05, 0) is 44.2 Å². The van der Waals surface area contributed by atoms with Gasteiger partial charge in [0.25, 0.3) is 5.91 Å². The van der Waals surface area contributed by atoms with Crippen molar-refractivity contribution in [2.75, 3.05) is 13.1 Å². The summed E-state index contributed by atoms with van der Waals surface area (Å²) in [7, 11) is 0. The van der Waals surface area contributed by atoms with Crippen molar-refractivity contribution in [1.29, 1.82) is 0 Å². The van der Waals surface area contributed by atoms with Crippen LogP contribution >= 0.6 is 0 Å². The third-order valence-corrected chi connectivity index (χ3v) is 4.29. The fourth-order valence-corrected chi connectivity index (χ4v) is 3.14. The van der Waals surface area contributed by atoms with Gasteiger partial charge in [-0.3, -0.25) is 4.79 Å². The topological polar surface area (TPSA) is 20.3 Å². The molecule has 1 aromatic carbocycles. The number of benzene rings is 1. The maximum absolute atomic E-state index is 12.6. The molecule has 1 aliphatic carbocycles. The van der Waals surface area contributed by atoms with Gasteiger partial charge in [0.05, 0.1) is 0 Å². The Morgan fingerprint density at radius 1 is 1.11 bits per heavy atom. The predicted molar refractivity (Wildman–Crippen MR) is 79.5 cm³/mol. The molecule has 0 bridgehead atoms.